The van der Waals surface area contributed by atoms with Crippen LogP contribution in [0.15, 0.2) is 17.2 Å². The second-order valence-electron chi connectivity index (χ2n) is 5.83. The fraction of sp³-hybridized carbons (Fsp3) is 0.615. The SMILES string of the molecule is CC(C)(C)OC(=O)N1CCC(S(=O)c2ccc(Cl)nn2)C1. The zero-order chi connectivity index (χ0) is 15.6. The molecule has 0 spiro atoms. The van der Waals surface area contributed by atoms with Crippen LogP contribution in [0.2, 0.25) is 5.15 Å². The highest BCUT2D eigenvalue weighted by Crippen LogP contribution is 2.21. The molecule has 21 heavy (non-hydrogen) atoms. The molecule has 1 fully saturated rings. The lowest BCUT2D eigenvalue weighted by Gasteiger charge is -2.24. The van der Waals surface area contributed by atoms with Crippen molar-refractivity contribution in [1.29, 1.82) is 0 Å². The number of likely N-dealkylation sites (tertiary alicyclic amines) is 1. The first-order valence-corrected chi connectivity index (χ1v) is 8.23. The van der Waals surface area contributed by atoms with E-state index in [1.165, 1.54) is 0 Å². The van der Waals surface area contributed by atoms with Crippen molar-refractivity contribution in [3.05, 3.63) is 17.3 Å². The third-order valence-corrected chi connectivity index (χ3v) is 4.73. The van der Waals surface area contributed by atoms with E-state index in [2.05, 4.69) is 10.2 Å². The van der Waals surface area contributed by atoms with Crippen LogP contribution in [0.5, 0.6) is 0 Å². The molecule has 2 unspecified atom stereocenters. The number of halogens is 1. The van der Waals surface area contributed by atoms with Gasteiger partial charge >= 0.3 is 6.09 Å². The standard InChI is InChI=1S/C13H18ClN3O3S/c1-13(2,3)20-12(18)17-7-6-9(8-17)21(19)11-5-4-10(14)15-16-11/h4-5,9H,6-8H2,1-3H3. The van der Waals surface area contributed by atoms with E-state index in [0.29, 0.717) is 24.5 Å². The van der Waals surface area contributed by atoms with Gasteiger partial charge in [-0.05, 0) is 39.3 Å². The molecule has 2 heterocycles. The van der Waals surface area contributed by atoms with Gasteiger partial charge in [0.1, 0.15) is 10.6 Å². The molecule has 1 aromatic heterocycles. The van der Waals surface area contributed by atoms with Gasteiger partial charge < -0.3 is 9.64 Å². The van der Waals surface area contributed by atoms with E-state index in [4.69, 9.17) is 16.3 Å². The number of hydrogen-bond acceptors (Lipinski definition) is 5. The average Bonchev–Trinajstić information content (AvgIpc) is 2.86. The molecule has 2 rings (SSSR count). The molecule has 0 bridgehead atoms. The molecule has 8 heteroatoms. The summed E-state index contributed by atoms with van der Waals surface area (Å²) in [4.78, 5) is 13.6. The minimum atomic E-state index is -1.31. The molecule has 1 aliphatic heterocycles. The molecule has 6 nitrogen and oxygen atoms in total. The van der Waals surface area contributed by atoms with E-state index in [1.54, 1.807) is 17.0 Å². The Kier molecular flexibility index (Phi) is 4.83. The molecule has 0 saturated carbocycles. The Morgan fingerprint density at radius 3 is 2.71 bits per heavy atom. The van der Waals surface area contributed by atoms with Gasteiger partial charge in [0.2, 0.25) is 0 Å². The number of hydrogen-bond donors (Lipinski definition) is 0. The maximum absolute atomic E-state index is 12.4. The van der Waals surface area contributed by atoms with Crippen LogP contribution in [-0.4, -0.2) is 49.3 Å². The summed E-state index contributed by atoms with van der Waals surface area (Å²) in [5.74, 6) is 0. The van der Waals surface area contributed by atoms with Crippen molar-refractivity contribution in [2.24, 2.45) is 0 Å². The molecule has 2 atom stereocenters. The summed E-state index contributed by atoms with van der Waals surface area (Å²) in [6, 6.07) is 3.16. The fourth-order valence-electron chi connectivity index (χ4n) is 1.98. The zero-order valence-electron chi connectivity index (χ0n) is 12.2. The first kappa shape index (κ1) is 16.2. The van der Waals surface area contributed by atoms with Crippen molar-refractivity contribution in [2.45, 2.75) is 43.1 Å². The van der Waals surface area contributed by atoms with Crippen LogP contribution in [0.1, 0.15) is 27.2 Å². The van der Waals surface area contributed by atoms with E-state index < -0.39 is 16.4 Å². The van der Waals surface area contributed by atoms with Gasteiger partial charge in [0.15, 0.2) is 5.15 Å². The van der Waals surface area contributed by atoms with Crippen molar-refractivity contribution in [1.82, 2.24) is 15.1 Å². The highest BCUT2D eigenvalue weighted by molar-refractivity contribution is 7.85. The van der Waals surface area contributed by atoms with E-state index in [0.717, 1.165) is 0 Å². The monoisotopic (exact) mass is 331 g/mol. The normalized spacial score (nSPS) is 20.4. The third kappa shape index (κ3) is 4.38. The van der Waals surface area contributed by atoms with Crippen molar-refractivity contribution < 1.29 is 13.7 Å². The summed E-state index contributed by atoms with van der Waals surface area (Å²) < 4.78 is 17.7. The van der Waals surface area contributed by atoms with Crippen molar-refractivity contribution in [3.63, 3.8) is 0 Å². The van der Waals surface area contributed by atoms with Crippen LogP contribution in [0, 0.1) is 0 Å². The first-order chi connectivity index (χ1) is 9.76. The number of carbonyl (C=O) groups is 1. The number of aromatic nitrogens is 2. The quantitative estimate of drug-likeness (QED) is 0.831. The Morgan fingerprint density at radius 2 is 2.14 bits per heavy atom. The Bertz CT molecular complexity index is 545. The molecular formula is C13H18ClN3O3S. The summed E-state index contributed by atoms with van der Waals surface area (Å²) in [6.07, 6.45) is 0.278. The predicted molar refractivity (Wildman–Crippen MR) is 79.7 cm³/mol. The van der Waals surface area contributed by atoms with Crippen molar-refractivity contribution in [2.75, 3.05) is 13.1 Å². The van der Waals surface area contributed by atoms with Gasteiger partial charge in [-0.1, -0.05) is 11.6 Å². The number of ether oxygens (including phenoxy) is 1. The molecule has 0 aliphatic carbocycles. The molecule has 1 saturated heterocycles. The Labute approximate surface area is 131 Å². The van der Waals surface area contributed by atoms with Gasteiger partial charge in [0.05, 0.1) is 16.0 Å². The summed E-state index contributed by atoms with van der Waals surface area (Å²) >= 11 is 5.66. The van der Waals surface area contributed by atoms with Crippen LogP contribution < -0.4 is 0 Å². The maximum Gasteiger partial charge on any atom is 0.410 e. The lowest BCUT2D eigenvalue weighted by Crippen LogP contribution is -2.36. The third-order valence-electron chi connectivity index (χ3n) is 2.91. The number of carbonyl (C=O) groups excluding carboxylic acids is 1. The van der Waals surface area contributed by atoms with Crippen LogP contribution in [0.4, 0.5) is 4.79 Å². The van der Waals surface area contributed by atoms with E-state index in [9.17, 15) is 9.00 Å². The second kappa shape index (κ2) is 6.27. The van der Waals surface area contributed by atoms with Crippen molar-refractivity contribution in [3.8, 4) is 0 Å². The van der Waals surface area contributed by atoms with E-state index in [1.807, 2.05) is 20.8 Å². The smallest absolute Gasteiger partial charge is 0.410 e. The first-order valence-electron chi connectivity index (χ1n) is 6.64. The molecule has 1 aromatic rings. The average molecular weight is 332 g/mol. The molecule has 0 N–H and O–H groups in total. The van der Waals surface area contributed by atoms with Crippen LogP contribution in [-0.2, 0) is 15.5 Å². The molecular weight excluding hydrogens is 314 g/mol. The lowest BCUT2D eigenvalue weighted by molar-refractivity contribution is 0.0295. The minimum Gasteiger partial charge on any atom is -0.444 e. The molecule has 116 valence electrons. The largest absolute Gasteiger partial charge is 0.444 e. The topological polar surface area (TPSA) is 72.4 Å². The Hall–Kier alpha value is -1.21. The maximum atomic E-state index is 12.4. The number of nitrogens with zero attached hydrogens (tertiary/aromatic N) is 3. The zero-order valence-corrected chi connectivity index (χ0v) is 13.8. The van der Waals surface area contributed by atoms with Gasteiger partial charge in [0.25, 0.3) is 0 Å². The lowest BCUT2D eigenvalue weighted by atomic mass is 10.2. The van der Waals surface area contributed by atoms with Gasteiger partial charge in [0, 0.05) is 13.1 Å². The minimum absolute atomic E-state index is 0.159. The molecule has 1 amide bonds. The Balaban J connectivity index is 1.97. The second-order valence-corrected chi connectivity index (χ2v) is 7.90. The van der Waals surface area contributed by atoms with Crippen LogP contribution in [0.25, 0.3) is 0 Å². The molecule has 0 aromatic carbocycles. The predicted octanol–water partition coefficient (Wildman–Crippen LogP) is 2.25. The molecule has 0 radical (unpaired) electrons. The van der Waals surface area contributed by atoms with E-state index >= 15 is 0 Å². The van der Waals surface area contributed by atoms with Crippen molar-refractivity contribution >= 4 is 28.5 Å². The van der Waals surface area contributed by atoms with Crippen LogP contribution >= 0.6 is 11.6 Å². The highest BCUT2D eigenvalue weighted by Gasteiger charge is 2.33. The fourth-order valence-corrected chi connectivity index (χ4v) is 3.38. The molecule has 1 aliphatic rings. The number of rotatable bonds is 2. The number of amides is 1. The van der Waals surface area contributed by atoms with Gasteiger partial charge in [-0.15, -0.1) is 10.2 Å². The van der Waals surface area contributed by atoms with Crippen LogP contribution in [0.3, 0.4) is 0 Å². The Morgan fingerprint density at radius 1 is 1.43 bits per heavy atom. The van der Waals surface area contributed by atoms with Gasteiger partial charge in [-0.25, -0.2) is 4.79 Å². The summed E-state index contributed by atoms with van der Waals surface area (Å²) in [6.45, 7) is 6.39. The summed E-state index contributed by atoms with van der Waals surface area (Å²) in [5.41, 5.74) is -0.532. The van der Waals surface area contributed by atoms with E-state index in [-0.39, 0.29) is 16.5 Å². The highest BCUT2D eigenvalue weighted by atomic mass is 35.5. The van der Waals surface area contributed by atoms with Gasteiger partial charge in [-0.3, -0.25) is 4.21 Å². The summed E-state index contributed by atoms with van der Waals surface area (Å²) in [7, 11) is -1.31. The van der Waals surface area contributed by atoms with Gasteiger partial charge in [-0.2, -0.15) is 0 Å². The summed E-state index contributed by atoms with van der Waals surface area (Å²) in [5, 5.41) is 8.01.